The molecule has 0 aliphatic heterocycles. The van der Waals surface area contributed by atoms with E-state index in [4.69, 9.17) is 19.7 Å². The third kappa shape index (κ3) is 40.3. The molecule has 0 spiro atoms. The van der Waals surface area contributed by atoms with E-state index in [1.54, 1.807) is 7.05 Å². The zero-order valence-electron chi connectivity index (χ0n) is 45.3. The Morgan fingerprint density at radius 1 is 0.455 bits per heavy atom. The lowest BCUT2D eigenvalue weighted by atomic mass is 9.94. The van der Waals surface area contributed by atoms with Crippen LogP contribution < -0.4 is 31.9 Å². The third-order valence-electron chi connectivity index (χ3n) is 12.6. The van der Waals surface area contributed by atoms with Gasteiger partial charge in [0.25, 0.3) is 0 Å². The summed E-state index contributed by atoms with van der Waals surface area (Å²) in [5.41, 5.74) is 0. The molecule has 442 valence electrons. The molecule has 0 rings (SSSR count). The van der Waals surface area contributed by atoms with Crippen molar-refractivity contribution in [2.45, 2.75) is 204 Å². The van der Waals surface area contributed by atoms with E-state index >= 15 is 0 Å². The van der Waals surface area contributed by atoms with Crippen molar-refractivity contribution in [3.63, 3.8) is 0 Å². The Kier molecular flexibility index (Phi) is 42.1. The zero-order chi connectivity index (χ0) is 57.8. The van der Waals surface area contributed by atoms with Crippen molar-refractivity contribution in [2.75, 3.05) is 53.1 Å². The number of amides is 4. The summed E-state index contributed by atoms with van der Waals surface area (Å²) in [4.78, 5) is 132. The fraction of sp³-hybridized carbons (Fsp3) is 0.788. The molecule has 4 amide bonds. The summed E-state index contributed by atoms with van der Waals surface area (Å²) in [5, 5.41) is 71.6. The number of nitrogens with one attached hydrogen (secondary N) is 6. The number of carboxylic acid groups (broad SMARTS) is 5. The van der Waals surface area contributed by atoms with Crippen LogP contribution in [-0.4, -0.2) is 179 Å². The average Bonchev–Trinajstić information content (AvgIpc) is 3.36. The first-order valence-electron chi connectivity index (χ1n) is 27.2. The number of ketones is 2. The first-order chi connectivity index (χ1) is 36.7. The van der Waals surface area contributed by atoms with Gasteiger partial charge in [-0.05, 0) is 65.3 Å². The van der Waals surface area contributed by atoms with E-state index in [9.17, 15) is 73.2 Å². The molecule has 0 saturated carbocycles. The van der Waals surface area contributed by atoms with Crippen molar-refractivity contribution in [3.05, 3.63) is 0 Å². The SMILES string of the molecule is CN[C@@H](CCCCNC(=O)CC[C@H](CC(=O)CC[C@H](NC(=O)COCCOCCNC(=O)CC[C@H](NC(=O)CCCCCCCCCCCCCCCCC(=O)O)C(=O)O)C(=O)O)C(=O)O)C(=O)CN[C@H](C(=O)O)[C@@H](C)O. The van der Waals surface area contributed by atoms with Gasteiger partial charge in [0.15, 0.2) is 5.78 Å². The fourth-order valence-electron chi connectivity index (χ4n) is 8.07. The molecule has 0 aromatic carbocycles. The highest BCUT2D eigenvalue weighted by molar-refractivity contribution is 5.88. The second-order valence-corrected chi connectivity index (χ2v) is 19.3. The van der Waals surface area contributed by atoms with Gasteiger partial charge in [-0.15, -0.1) is 0 Å². The molecule has 0 heterocycles. The lowest BCUT2D eigenvalue weighted by Gasteiger charge is -2.19. The fourth-order valence-corrected chi connectivity index (χ4v) is 8.07. The number of rotatable bonds is 53. The average molecular weight is 1100 g/mol. The van der Waals surface area contributed by atoms with Crippen molar-refractivity contribution in [1.29, 1.82) is 0 Å². The van der Waals surface area contributed by atoms with Crippen LogP contribution in [0.25, 0.3) is 0 Å². The molecule has 0 unspecified atom stereocenters. The standard InChI is InChI=1S/C52H90N6O19/c1-36(59)48(52(74)75)56-34-42(61)39(53-2)19-17-18-28-54-43(62)26-22-37(49(68)69)33-38(60)23-24-40(50(70)71)58-46(65)35-77-32-31-76-30-29-55-44(63)27-25-41(51(72)73)57-45(64)20-15-13-11-9-7-5-3-4-6-8-10-12-14-16-21-47(66)67/h36-37,39-41,48,53,56,59H,3-35H2,1-2H3,(H,54,62)(H,55,63)(H,57,64)(H,58,65)(H,66,67)(H,68,69)(H,70,71)(H,72,73)(H,74,75)/t36-,37-,39+,40+,41+,48+/m1/s1. The largest absolute Gasteiger partial charge is 0.481 e. The highest BCUT2D eigenvalue weighted by Gasteiger charge is 2.27. The number of carbonyl (C=O) groups excluding carboxylic acids is 6. The molecule has 6 atom stereocenters. The monoisotopic (exact) mass is 1100 g/mol. The van der Waals surface area contributed by atoms with Crippen LogP contribution >= 0.6 is 0 Å². The molecule has 0 aromatic rings. The van der Waals surface area contributed by atoms with Gasteiger partial charge in [0.05, 0.1) is 44.4 Å². The highest BCUT2D eigenvalue weighted by Crippen LogP contribution is 2.16. The Morgan fingerprint density at radius 2 is 0.948 bits per heavy atom. The van der Waals surface area contributed by atoms with Gasteiger partial charge >= 0.3 is 29.8 Å². The first kappa shape index (κ1) is 71.4. The molecule has 0 aliphatic rings. The van der Waals surface area contributed by atoms with Gasteiger partial charge in [-0.2, -0.15) is 0 Å². The quantitative estimate of drug-likeness (QED) is 0.0389. The molecule has 0 aliphatic carbocycles. The maximum absolute atomic E-state index is 12.7. The minimum Gasteiger partial charge on any atom is -0.481 e. The number of ether oxygens (including phenoxy) is 2. The number of aliphatic hydroxyl groups excluding tert-OH is 1. The summed E-state index contributed by atoms with van der Waals surface area (Å²) >= 11 is 0. The lowest BCUT2D eigenvalue weighted by molar-refractivity contribution is -0.145. The lowest BCUT2D eigenvalue weighted by Crippen LogP contribution is -2.49. The number of aliphatic hydroxyl groups is 1. The van der Waals surface area contributed by atoms with Gasteiger partial charge in [-0.1, -0.05) is 77.0 Å². The molecule has 25 heteroatoms. The molecular weight excluding hydrogens is 1010 g/mol. The van der Waals surface area contributed by atoms with Gasteiger partial charge in [-0.3, -0.25) is 48.5 Å². The molecule has 0 aromatic heterocycles. The van der Waals surface area contributed by atoms with Gasteiger partial charge < -0.3 is 66.7 Å². The van der Waals surface area contributed by atoms with E-state index in [0.29, 0.717) is 25.7 Å². The number of aliphatic carboxylic acids is 5. The van der Waals surface area contributed by atoms with Crippen LogP contribution in [0.2, 0.25) is 0 Å². The number of hydrogen-bond acceptors (Lipinski definition) is 16. The van der Waals surface area contributed by atoms with Gasteiger partial charge in [0.2, 0.25) is 23.6 Å². The molecule has 0 saturated heterocycles. The molecule has 0 fully saturated rings. The number of hydrogen-bond donors (Lipinski definition) is 12. The molecular formula is C52H90N6O19. The number of carbonyl (C=O) groups is 11. The number of likely N-dealkylation sites (N-methyl/N-ethyl adjacent to an activating group) is 1. The van der Waals surface area contributed by atoms with Crippen LogP contribution in [0.4, 0.5) is 0 Å². The van der Waals surface area contributed by atoms with Crippen LogP contribution in [0.1, 0.15) is 174 Å². The van der Waals surface area contributed by atoms with Crippen molar-refractivity contribution in [1.82, 2.24) is 31.9 Å². The normalized spacial score (nSPS) is 13.5. The van der Waals surface area contributed by atoms with Gasteiger partial charge in [-0.25, -0.2) is 9.59 Å². The van der Waals surface area contributed by atoms with Crippen LogP contribution in [0.15, 0.2) is 0 Å². The van der Waals surface area contributed by atoms with Crippen molar-refractivity contribution in [2.24, 2.45) is 5.92 Å². The van der Waals surface area contributed by atoms with Crippen LogP contribution in [-0.2, 0) is 62.2 Å². The minimum absolute atomic E-state index is 0.00757. The Balaban J connectivity index is 4.23. The number of Topliss-reactive ketones (excluding diaryl/α,β-unsaturated/α-hetero) is 2. The second-order valence-electron chi connectivity index (χ2n) is 19.3. The summed E-state index contributed by atoms with van der Waals surface area (Å²) in [6, 6.07) is -4.59. The second kappa shape index (κ2) is 45.4. The van der Waals surface area contributed by atoms with E-state index < -0.39 is 103 Å². The topological polar surface area (TPSA) is 400 Å². The van der Waals surface area contributed by atoms with Gasteiger partial charge in [0, 0.05) is 51.6 Å². The van der Waals surface area contributed by atoms with Crippen molar-refractivity contribution in [3.8, 4) is 0 Å². The van der Waals surface area contributed by atoms with E-state index in [2.05, 4.69) is 31.9 Å². The maximum Gasteiger partial charge on any atom is 0.326 e. The van der Waals surface area contributed by atoms with Crippen molar-refractivity contribution < 1.29 is 92.9 Å². The summed E-state index contributed by atoms with van der Waals surface area (Å²) in [6.45, 7) is 0.781. The molecule has 77 heavy (non-hydrogen) atoms. The molecule has 0 radical (unpaired) electrons. The van der Waals surface area contributed by atoms with E-state index in [1.165, 1.54) is 39.0 Å². The molecule has 12 N–H and O–H groups in total. The van der Waals surface area contributed by atoms with Crippen molar-refractivity contribution >= 4 is 65.0 Å². The predicted octanol–water partition coefficient (Wildman–Crippen LogP) is 2.47. The summed E-state index contributed by atoms with van der Waals surface area (Å²) < 4.78 is 10.6. The summed E-state index contributed by atoms with van der Waals surface area (Å²) in [5.74, 6) is -10.2. The van der Waals surface area contributed by atoms with Crippen LogP contribution in [0.3, 0.4) is 0 Å². The van der Waals surface area contributed by atoms with Crippen LogP contribution in [0.5, 0.6) is 0 Å². The third-order valence-corrected chi connectivity index (χ3v) is 12.6. The Morgan fingerprint density at radius 3 is 1.45 bits per heavy atom. The minimum atomic E-state index is -1.48. The summed E-state index contributed by atoms with van der Waals surface area (Å²) in [7, 11) is 1.57. The van der Waals surface area contributed by atoms with Gasteiger partial charge in [0.1, 0.15) is 30.5 Å². The predicted molar refractivity (Wildman–Crippen MR) is 280 cm³/mol. The van der Waals surface area contributed by atoms with E-state index in [-0.39, 0.29) is 103 Å². The zero-order valence-corrected chi connectivity index (χ0v) is 45.3. The smallest absolute Gasteiger partial charge is 0.326 e. The Bertz CT molecular complexity index is 1790. The van der Waals surface area contributed by atoms with Crippen LogP contribution in [0, 0.1) is 5.92 Å². The Hall–Kier alpha value is -5.63. The summed E-state index contributed by atoms with van der Waals surface area (Å²) in [6.07, 6.45) is 13.4. The first-order valence-corrected chi connectivity index (χ1v) is 27.2. The highest BCUT2D eigenvalue weighted by atomic mass is 16.5. The number of unbranched alkanes of at least 4 members (excludes halogenated alkanes) is 14. The van der Waals surface area contributed by atoms with E-state index in [0.717, 1.165) is 51.4 Å². The number of carboxylic acids is 5. The van der Waals surface area contributed by atoms with E-state index in [1.807, 2.05) is 0 Å². The molecule has 0 bridgehead atoms. The maximum atomic E-state index is 12.7. The Labute approximate surface area is 451 Å². The molecule has 25 nitrogen and oxygen atoms in total.